The van der Waals surface area contributed by atoms with E-state index in [0.717, 1.165) is 0 Å². The lowest BCUT2D eigenvalue weighted by Gasteiger charge is -2.17. The normalized spacial score (nSPS) is 11.7. The first-order chi connectivity index (χ1) is 67.5. The SMILES string of the molecule is c1ccc(-c2cc(-c3ccc(-c4ccc5c6ccccc6c6ccccc6c5c4)cc3)cc3c4ccccc4c4ccccc4c23)cc1.c1ccc(-c2cc(-c3ccc(-c4ccc5ccccc5c4)cc3)cc3c4ccccc4c4ccccc4c23)cc1.c1ccc(-c2cc(-c3cccc(-c4ccc5c6ccccc6c6ccccc6c5c4)c3)cc3c4ccccc4c4ccccc4c23)cc1. The van der Waals surface area contributed by atoms with Crippen molar-refractivity contribution in [2.24, 2.45) is 0 Å². The van der Waals surface area contributed by atoms with Crippen molar-refractivity contribution in [3.63, 3.8) is 0 Å². The molecule has 0 bridgehead atoms. The molecule has 0 aliphatic carbocycles. The summed E-state index contributed by atoms with van der Waals surface area (Å²) >= 11 is 0. The summed E-state index contributed by atoms with van der Waals surface area (Å²) in [6.45, 7) is 0. The Morgan fingerprint density at radius 1 is 0.0735 bits per heavy atom. The van der Waals surface area contributed by atoms with Gasteiger partial charge in [0.1, 0.15) is 0 Å². The fourth-order valence-corrected chi connectivity index (χ4v) is 22.3. The molecule has 0 spiro atoms. The smallest absolute Gasteiger partial charge is 0.00199 e. The Hall–Kier alpha value is -17.7. The zero-order chi connectivity index (χ0) is 89.7. The molecule has 0 radical (unpaired) electrons. The molecular formula is C136H86. The maximum absolute atomic E-state index is 2.41. The molecule has 0 heteroatoms. The highest BCUT2D eigenvalue weighted by Crippen LogP contribution is 2.50. The van der Waals surface area contributed by atoms with Crippen LogP contribution in [0.3, 0.4) is 0 Å². The average Bonchev–Trinajstić information content (AvgIpc) is 0.728. The Morgan fingerprint density at radius 2 is 0.257 bits per heavy atom. The van der Waals surface area contributed by atoms with Crippen molar-refractivity contribution >= 4 is 172 Å². The molecule has 0 fully saturated rings. The van der Waals surface area contributed by atoms with Gasteiger partial charge in [-0.15, -0.1) is 0 Å². The van der Waals surface area contributed by atoms with Gasteiger partial charge < -0.3 is 0 Å². The van der Waals surface area contributed by atoms with E-state index in [1.165, 1.54) is 273 Å². The molecule has 0 heterocycles. The highest BCUT2D eigenvalue weighted by atomic mass is 14.3. The van der Waals surface area contributed by atoms with Crippen molar-refractivity contribution in [1.82, 2.24) is 0 Å². The van der Waals surface area contributed by atoms with Crippen LogP contribution in [0, 0.1) is 0 Å². The van der Waals surface area contributed by atoms with Crippen molar-refractivity contribution in [3.8, 4) is 100 Å². The van der Waals surface area contributed by atoms with E-state index >= 15 is 0 Å². The average molecular weight is 1720 g/mol. The van der Waals surface area contributed by atoms with Crippen molar-refractivity contribution in [2.75, 3.05) is 0 Å². The lowest BCUT2D eigenvalue weighted by atomic mass is 9.86. The molecule has 0 nitrogen and oxygen atoms in total. The van der Waals surface area contributed by atoms with Gasteiger partial charge in [-0.3, -0.25) is 0 Å². The maximum atomic E-state index is 2.41. The summed E-state index contributed by atoms with van der Waals surface area (Å²) in [7, 11) is 0. The number of hydrogen-bond donors (Lipinski definition) is 0. The maximum Gasteiger partial charge on any atom is -0.00199 e. The summed E-state index contributed by atoms with van der Waals surface area (Å²) in [5.41, 5.74) is 22.2. The number of rotatable bonds is 9. The summed E-state index contributed by atoms with van der Waals surface area (Å²) in [5, 5.41) is 41.5. The number of benzene rings is 28. The van der Waals surface area contributed by atoms with Crippen molar-refractivity contribution in [3.05, 3.63) is 522 Å². The molecule has 0 atom stereocenters. The summed E-state index contributed by atoms with van der Waals surface area (Å²) in [4.78, 5) is 0. The van der Waals surface area contributed by atoms with E-state index in [1.807, 2.05) is 0 Å². The minimum atomic E-state index is 1.22. The second-order valence-corrected chi connectivity index (χ2v) is 36.2. The van der Waals surface area contributed by atoms with Gasteiger partial charge in [0.25, 0.3) is 0 Å². The Kier molecular flexibility index (Phi) is 19.4. The molecule has 0 aliphatic rings. The Bertz CT molecular complexity index is 9620. The minimum Gasteiger partial charge on any atom is -0.0622 e. The zero-order valence-corrected chi connectivity index (χ0v) is 74.7. The molecule has 28 aromatic carbocycles. The summed E-state index contributed by atoms with van der Waals surface area (Å²) in [5.74, 6) is 0. The van der Waals surface area contributed by atoms with Gasteiger partial charge in [-0.1, -0.05) is 461 Å². The molecule has 0 saturated heterocycles. The first-order valence-electron chi connectivity index (χ1n) is 47.2. The predicted molar refractivity (Wildman–Crippen MR) is 588 cm³/mol. The van der Waals surface area contributed by atoms with E-state index in [0.29, 0.717) is 0 Å². The van der Waals surface area contributed by atoms with Crippen molar-refractivity contribution in [1.29, 1.82) is 0 Å². The minimum absolute atomic E-state index is 1.22. The molecular weight excluding hydrogens is 1630 g/mol. The van der Waals surface area contributed by atoms with Crippen molar-refractivity contribution < 1.29 is 0 Å². The molecule has 0 aromatic heterocycles. The summed E-state index contributed by atoms with van der Waals surface area (Å²) in [6, 6.07) is 192. The van der Waals surface area contributed by atoms with Crippen LogP contribution in [0.5, 0.6) is 0 Å². The standard InChI is InChI=1S/2C48H30.C40H26/c1-2-13-31(14-3-1)45-29-35(30-47-42-23-9-7-20-39(42)40-21-10-11-24-44(40)48(45)47)33-16-12-15-32(27-33)34-25-26-43-38-19-5-4-17-36(38)37-18-6-8-22-41(37)46(43)28-34;1-2-12-33(13-3-1)45-29-35(30-47-42-20-9-7-17-39(42)40-18-10-11-21-44(40)48(45)47)32-24-22-31(23-25-32)34-26-27-43-38-16-5-4-14-36(38)37-15-6-8-19-41(37)46(43)28-34;1-2-11-30(12-3-1)38-25-33(26-39-36-16-7-6-14-34(36)35-15-8-9-17-37(35)40(38)39)29-20-18-28(19-21-29)32-23-22-27-10-4-5-13-31(27)24-32/h2*1-30H;1-26H. The second-order valence-electron chi connectivity index (χ2n) is 36.2. The lowest BCUT2D eigenvalue weighted by molar-refractivity contribution is 1.61. The largest absolute Gasteiger partial charge is 0.0622 e. The molecule has 0 saturated carbocycles. The Morgan fingerprint density at radius 3 is 0.574 bits per heavy atom. The van der Waals surface area contributed by atoms with Gasteiger partial charge in [0.2, 0.25) is 0 Å². The van der Waals surface area contributed by atoms with Crippen LogP contribution in [-0.4, -0.2) is 0 Å². The van der Waals surface area contributed by atoms with Crippen molar-refractivity contribution in [2.45, 2.75) is 0 Å². The van der Waals surface area contributed by atoms with Gasteiger partial charge in [0.15, 0.2) is 0 Å². The highest BCUT2D eigenvalue weighted by molar-refractivity contribution is 6.33. The highest BCUT2D eigenvalue weighted by Gasteiger charge is 2.22. The molecule has 0 aliphatic heterocycles. The number of hydrogen-bond acceptors (Lipinski definition) is 0. The first kappa shape index (κ1) is 79.3. The van der Waals surface area contributed by atoms with Gasteiger partial charge in [-0.2, -0.15) is 0 Å². The fraction of sp³-hybridized carbons (Fsp3) is 0. The molecule has 630 valence electrons. The Balaban J connectivity index is 0.000000106. The quantitative estimate of drug-likeness (QED) is 0.126. The zero-order valence-electron chi connectivity index (χ0n) is 74.7. The van der Waals surface area contributed by atoms with Gasteiger partial charge in [-0.05, 0) is 333 Å². The van der Waals surface area contributed by atoms with Crippen LogP contribution < -0.4 is 0 Å². The number of fused-ring (bicyclic) bond motifs is 31. The lowest BCUT2D eigenvalue weighted by Crippen LogP contribution is -1.90. The van der Waals surface area contributed by atoms with Gasteiger partial charge in [-0.25, -0.2) is 0 Å². The van der Waals surface area contributed by atoms with Crippen LogP contribution in [0.15, 0.2) is 522 Å². The summed E-state index contributed by atoms with van der Waals surface area (Å²) in [6.07, 6.45) is 0. The van der Waals surface area contributed by atoms with Crippen LogP contribution >= 0.6 is 0 Å². The second kappa shape index (κ2) is 33.3. The van der Waals surface area contributed by atoms with Gasteiger partial charge >= 0.3 is 0 Å². The van der Waals surface area contributed by atoms with Gasteiger partial charge in [0, 0.05) is 0 Å². The molecule has 28 rings (SSSR count). The third-order valence-corrected chi connectivity index (χ3v) is 28.7. The van der Waals surface area contributed by atoms with E-state index in [2.05, 4.69) is 522 Å². The Labute approximate surface area is 788 Å². The van der Waals surface area contributed by atoms with Crippen LogP contribution in [0.25, 0.3) is 273 Å². The van der Waals surface area contributed by atoms with Crippen LogP contribution in [0.2, 0.25) is 0 Å². The van der Waals surface area contributed by atoms with Gasteiger partial charge in [0.05, 0.1) is 0 Å². The molecule has 0 unspecified atom stereocenters. The molecule has 28 aromatic rings. The van der Waals surface area contributed by atoms with E-state index in [9.17, 15) is 0 Å². The first-order valence-corrected chi connectivity index (χ1v) is 47.2. The summed E-state index contributed by atoms with van der Waals surface area (Å²) < 4.78 is 0. The van der Waals surface area contributed by atoms with E-state index in [-0.39, 0.29) is 0 Å². The monoisotopic (exact) mass is 1720 g/mol. The third kappa shape index (κ3) is 13.7. The van der Waals surface area contributed by atoms with Crippen LogP contribution in [-0.2, 0) is 0 Å². The van der Waals surface area contributed by atoms with E-state index in [1.54, 1.807) is 0 Å². The van der Waals surface area contributed by atoms with E-state index < -0.39 is 0 Å². The predicted octanol–water partition coefficient (Wildman–Crippen LogP) is 38.5. The molecule has 136 heavy (non-hydrogen) atoms. The van der Waals surface area contributed by atoms with E-state index in [4.69, 9.17) is 0 Å². The topological polar surface area (TPSA) is 0 Å². The molecule has 0 N–H and O–H groups in total. The van der Waals surface area contributed by atoms with Crippen LogP contribution in [0.1, 0.15) is 0 Å². The molecule has 0 amide bonds. The third-order valence-electron chi connectivity index (χ3n) is 28.7. The fourth-order valence-electron chi connectivity index (χ4n) is 22.3. The van der Waals surface area contributed by atoms with Crippen LogP contribution in [0.4, 0.5) is 0 Å².